The monoisotopic (exact) mass is 246 g/mol. The summed E-state index contributed by atoms with van der Waals surface area (Å²) in [5.74, 6) is -1.15. The van der Waals surface area contributed by atoms with Gasteiger partial charge >= 0.3 is 0 Å². The molecule has 94 valence electrons. The molecule has 0 bridgehead atoms. The van der Waals surface area contributed by atoms with E-state index >= 15 is 0 Å². The predicted molar refractivity (Wildman–Crippen MR) is 64.5 cm³/mol. The molecule has 2 rings (SSSR count). The van der Waals surface area contributed by atoms with Gasteiger partial charge in [0, 0.05) is 5.56 Å². The van der Waals surface area contributed by atoms with Crippen LogP contribution < -0.4 is 0 Å². The van der Waals surface area contributed by atoms with E-state index in [9.17, 15) is 14.4 Å². The Morgan fingerprint density at radius 2 is 1.56 bits per heavy atom. The fraction of sp³-hybridized carbons (Fsp3) is 0.357. The molecule has 1 fully saturated rings. The van der Waals surface area contributed by atoms with Crippen molar-refractivity contribution >= 4 is 17.3 Å². The molecular weight excluding hydrogens is 232 g/mol. The molecule has 0 aliphatic carbocycles. The van der Waals surface area contributed by atoms with Crippen LogP contribution >= 0.6 is 0 Å². The van der Waals surface area contributed by atoms with Crippen molar-refractivity contribution < 1.29 is 19.1 Å². The van der Waals surface area contributed by atoms with E-state index in [0.29, 0.717) is 5.56 Å². The number of rotatable bonds is 4. The van der Waals surface area contributed by atoms with Crippen LogP contribution in [0.25, 0.3) is 0 Å². The van der Waals surface area contributed by atoms with Crippen LogP contribution in [0.2, 0.25) is 0 Å². The summed E-state index contributed by atoms with van der Waals surface area (Å²) in [6.07, 6.45) is -0.963. The van der Waals surface area contributed by atoms with Gasteiger partial charge in [0.15, 0.2) is 23.5 Å². The SMILES string of the molecule is CC(=O)C1(C(C)=O)OC1C(=O)c1ccc(C)cc1. The van der Waals surface area contributed by atoms with Crippen molar-refractivity contribution in [2.45, 2.75) is 32.5 Å². The summed E-state index contributed by atoms with van der Waals surface area (Å²) < 4.78 is 5.13. The highest BCUT2D eigenvalue weighted by atomic mass is 16.6. The molecule has 1 aromatic carbocycles. The average molecular weight is 246 g/mol. The third-order valence-corrected chi connectivity index (χ3v) is 3.24. The maximum Gasteiger partial charge on any atom is 0.218 e. The Hall–Kier alpha value is -1.81. The summed E-state index contributed by atoms with van der Waals surface area (Å²) in [5, 5.41) is 0. The molecule has 1 aromatic rings. The van der Waals surface area contributed by atoms with Crippen LogP contribution in [0.15, 0.2) is 24.3 Å². The Balaban J connectivity index is 2.25. The second-order valence-electron chi connectivity index (χ2n) is 4.58. The van der Waals surface area contributed by atoms with Crippen molar-refractivity contribution in [2.75, 3.05) is 0 Å². The number of Topliss-reactive ketones (excluding diaryl/α,β-unsaturated/α-hetero) is 3. The summed E-state index contributed by atoms with van der Waals surface area (Å²) in [4.78, 5) is 35.1. The van der Waals surface area contributed by atoms with Crippen LogP contribution in [0, 0.1) is 6.92 Å². The molecule has 18 heavy (non-hydrogen) atoms. The average Bonchev–Trinajstić information content (AvgIpc) is 3.05. The van der Waals surface area contributed by atoms with E-state index in [-0.39, 0.29) is 5.78 Å². The molecule has 0 aromatic heterocycles. The quantitative estimate of drug-likeness (QED) is 0.458. The second-order valence-corrected chi connectivity index (χ2v) is 4.58. The van der Waals surface area contributed by atoms with Gasteiger partial charge in [-0.05, 0) is 20.8 Å². The lowest BCUT2D eigenvalue weighted by atomic mass is 9.92. The molecular formula is C14H14O4. The number of hydrogen-bond donors (Lipinski definition) is 0. The van der Waals surface area contributed by atoms with Crippen LogP contribution in [0.4, 0.5) is 0 Å². The fourth-order valence-electron chi connectivity index (χ4n) is 2.04. The highest BCUT2D eigenvalue weighted by Crippen LogP contribution is 2.40. The molecule has 0 N–H and O–H groups in total. The van der Waals surface area contributed by atoms with Gasteiger partial charge in [0.2, 0.25) is 5.60 Å². The van der Waals surface area contributed by atoms with Crippen molar-refractivity contribution in [1.29, 1.82) is 0 Å². The molecule has 1 aliphatic heterocycles. The molecule has 4 nitrogen and oxygen atoms in total. The zero-order valence-electron chi connectivity index (χ0n) is 10.5. The van der Waals surface area contributed by atoms with E-state index < -0.39 is 23.3 Å². The van der Waals surface area contributed by atoms with Gasteiger partial charge in [-0.2, -0.15) is 0 Å². The lowest BCUT2D eigenvalue weighted by Gasteiger charge is -2.04. The highest BCUT2D eigenvalue weighted by molar-refractivity contribution is 6.19. The van der Waals surface area contributed by atoms with Gasteiger partial charge in [-0.15, -0.1) is 0 Å². The van der Waals surface area contributed by atoms with E-state index in [4.69, 9.17) is 4.74 Å². The number of epoxide rings is 1. The topological polar surface area (TPSA) is 63.7 Å². The molecule has 0 spiro atoms. The Morgan fingerprint density at radius 3 is 1.94 bits per heavy atom. The zero-order valence-corrected chi connectivity index (χ0v) is 10.5. The smallest absolute Gasteiger partial charge is 0.218 e. The predicted octanol–water partition coefficient (Wildman–Crippen LogP) is 1.49. The summed E-state index contributed by atoms with van der Waals surface area (Å²) >= 11 is 0. The fourth-order valence-corrected chi connectivity index (χ4v) is 2.04. The van der Waals surface area contributed by atoms with Crippen molar-refractivity contribution in [2.24, 2.45) is 0 Å². The standard InChI is InChI=1S/C14H14O4/c1-8-4-6-11(7-5-8)12(17)13-14(18-13,9(2)15)10(3)16/h4-7,13H,1-3H3. The number of ether oxygens (including phenoxy) is 1. The minimum absolute atomic E-state index is 0.319. The lowest BCUT2D eigenvalue weighted by molar-refractivity contribution is -0.132. The molecule has 0 radical (unpaired) electrons. The largest absolute Gasteiger partial charge is 0.341 e. The van der Waals surface area contributed by atoms with Gasteiger partial charge in [-0.25, -0.2) is 0 Å². The lowest BCUT2D eigenvalue weighted by Crippen LogP contribution is -2.35. The molecule has 0 amide bonds. The maximum absolute atomic E-state index is 12.1. The van der Waals surface area contributed by atoms with Gasteiger partial charge in [-0.3, -0.25) is 14.4 Å². The third-order valence-electron chi connectivity index (χ3n) is 3.24. The van der Waals surface area contributed by atoms with Crippen molar-refractivity contribution in [3.05, 3.63) is 35.4 Å². The molecule has 1 heterocycles. The van der Waals surface area contributed by atoms with Gasteiger partial charge in [0.1, 0.15) is 0 Å². The minimum atomic E-state index is -1.54. The van der Waals surface area contributed by atoms with Crippen LogP contribution in [0.1, 0.15) is 29.8 Å². The van der Waals surface area contributed by atoms with Crippen LogP contribution in [0.5, 0.6) is 0 Å². The zero-order chi connectivity index (χ0) is 13.5. The third kappa shape index (κ3) is 1.78. The summed E-state index contributed by atoms with van der Waals surface area (Å²) in [6, 6.07) is 6.95. The van der Waals surface area contributed by atoms with E-state index in [1.54, 1.807) is 24.3 Å². The molecule has 1 unspecified atom stereocenters. The van der Waals surface area contributed by atoms with E-state index in [1.165, 1.54) is 13.8 Å². The van der Waals surface area contributed by atoms with Crippen LogP contribution in [-0.2, 0) is 14.3 Å². The molecule has 4 heteroatoms. The first kappa shape index (κ1) is 12.6. The number of hydrogen-bond acceptors (Lipinski definition) is 4. The Morgan fingerprint density at radius 1 is 1.06 bits per heavy atom. The normalized spacial score (nSPS) is 20.3. The van der Waals surface area contributed by atoms with Crippen molar-refractivity contribution in [1.82, 2.24) is 0 Å². The minimum Gasteiger partial charge on any atom is -0.341 e. The van der Waals surface area contributed by atoms with Crippen LogP contribution in [-0.4, -0.2) is 29.1 Å². The second kappa shape index (κ2) is 4.14. The first-order valence-electron chi connectivity index (χ1n) is 5.70. The number of carbonyl (C=O) groups is 3. The molecule has 1 atom stereocenters. The highest BCUT2D eigenvalue weighted by Gasteiger charge is 2.67. The number of carbonyl (C=O) groups excluding carboxylic acids is 3. The molecule has 1 aliphatic rings. The maximum atomic E-state index is 12.1. The van der Waals surface area contributed by atoms with Crippen LogP contribution in [0.3, 0.4) is 0 Å². The number of benzene rings is 1. The summed E-state index contributed by atoms with van der Waals surface area (Å²) in [6.45, 7) is 4.45. The van der Waals surface area contributed by atoms with Crippen molar-refractivity contribution in [3.63, 3.8) is 0 Å². The van der Waals surface area contributed by atoms with Gasteiger partial charge in [0.25, 0.3) is 0 Å². The Kier molecular flexibility index (Phi) is 2.91. The van der Waals surface area contributed by atoms with Gasteiger partial charge in [-0.1, -0.05) is 29.8 Å². The van der Waals surface area contributed by atoms with Crippen molar-refractivity contribution in [3.8, 4) is 0 Å². The first-order valence-corrected chi connectivity index (χ1v) is 5.70. The summed E-state index contributed by atoms with van der Waals surface area (Å²) in [7, 11) is 0. The van der Waals surface area contributed by atoms with Gasteiger partial charge < -0.3 is 4.74 Å². The van der Waals surface area contributed by atoms with E-state index in [2.05, 4.69) is 0 Å². The number of aryl methyl sites for hydroxylation is 1. The molecule has 1 saturated heterocycles. The van der Waals surface area contributed by atoms with E-state index in [0.717, 1.165) is 5.56 Å². The summed E-state index contributed by atoms with van der Waals surface area (Å²) in [5.41, 5.74) is -0.0512. The Labute approximate surface area is 105 Å². The number of ketones is 3. The van der Waals surface area contributed by atoms with E-state index in [1.807, 2.05) is 6.92 Å². The Bertz CT molecular complexity index is 513. The van der Waals surface area contributed by atoms with Gasteiger partial charge in [0.05, 0.1) is 0 Å². The first-order chi connectivity index (χ1) is 8.39. The molecule has 0 saturated carbocycles.